The van der Waals surface area contributed by atoms with E-state index >= 15 is 0 Å². The largest absolute Gasteiger partial charge is 0.261 e. The second-order valence-electron chi connectivity index (χ2n) is 8.05. The van der Waals surface area contributed by atoms with Gasteiger partial charge in [-0.2, -0.15) is 0 Å². The van der Waals surface area contributed by atoms with Gasteiger partial charge in [0.1, 0.15) is 0 Å². The van der Waals surface area contributed by atoms with Crippen LogP contribution in [0.4, 0.5) is 0 Å². The van der Waals surface area contributed by atoms with Crippen LogP contribution in [0.25, 0.3) is 10.8 Å². The fourth-order valence-electron chi connectivity index (χ4n) is 4.65. The van der Waals surface area contributed by atoms with Crippen LogP contribution in [0.3, 0.4) is 0 Å². The van der Waals surface area contributed by atoms with E-state index in [1.54, 1.807) is 0 Å². The maximum Gasteiger partial charge on any atom is 0.0482 e. The molecule has 5 rings (SSSR count). The summed E-state index contributed by atoms with van der Waals surface area (Å²) >= 11 is 0. The lowest BCUT2D eigenvalue weighted by Crippen LogP contribution is -2.18. The quantitative estimate of drug-likeness (QED) is 0.422. The van der Waals surface area contributed by atoms with E-state index in [4.69, 9.17) is 4.98 Å². The first-order valence-electron chi connectivity index (χ1n) is 10.3. The van der Waals surface area contributed by atoms with E-state index in [-0.39, 0.29) is 0 Å². The van der Waals surface area contributed by atoms with Gasteiger partial charge in [-0.05, 0) is 70.7 Å². The number of benzene rings is 3. The van der Waals surface area contributed by atoms with Gasteiger partial charge in [-0.25, -0.2) is 0 Å². The maximum absolute atomic E-state index is 4.78. The standard InChI is InChI=1S/C27H25N/c1-2-6-20(7-3-1)16-21-11-13-26-25(18-21)14-15-28-27(26)19-22-10-12-23-8-4-5-9-24(23)17-22/h1-10,12,14-15,17,21H,11,13,16,18-19H2. The molecule has 1 heterocycles. The molecule has 1 aliphatic rings. The summed E-state index contributed by atoms with van der Waals surface area (Å²) in [7, 11) is 0. The van der Waals surface area contributed by atoms with E-state index in [1.165, 1.54) is 58.0 Å². The molecule has 0 saturated heterocycles. The predicted octanol–water partition coefficient (Wildman–Crippen LogP) is 6.17. The molecular weight excluding hydrogens is 338 g/mol. The van der Waals surface area contributed by atoms with Gasteiger partial charge < -0.3 is 0 Å². The molecule has 3 aromatic carbocycles. The average Bonchev–Trinajstić information content (AvgIpc) is 2.74. The molecule has 0 aliphatic heterocycles. The Morgan fingerprint density at radius 2 is 1.61 bits per heavy atom. The Hall–Kier alpha value is -2.93. The summed E-state index contributed by atoms with van der Waals surface area (Å²) in [5.41, 5.74) is 7.09. The summed E-state index contributed by atoms with van der Waals surface area (Å²) in [6.07, 6.45) is 7.72. The molecule has 1 unspecified atom stereocenters. The molecule has 1 aromatic heterocycles. The fraction of sp³-hybridized carbons (Fsp3) is 0.222. The van der Waals surface area contributed by atoms with E-state index in [0.717, 1.165) is 18.8 Å². The number of hydrogen-bond donors (Lipinski definition) is 0. The van der Waals surface area contributed by atoms with E-state index in [1.807, 2.05) is 6.20 Å². The SMILES string of the molecule is c1ccc(CC2CCc3c(ccnc3Cc3ccc4ccccc4c3)C2)cc1. The zero-order valence-electron chi connectivity index (χ0n) is 16.1. The minimum atomic E-state index is 0.741. The van der Waals surface area contributed by atoms with Gasteiger partial charge in [0.25, 0.3) is 0 Å². The summed E-state index contributed by atoms with van der Waals surface area (Å²) in [5, 5.41) is 2.62. The van der Waals surface area contributed by atoms with Crippen molar-refractivity contribution < 1.29 is 0 Å². The second-order valence-corrected chi connectivity index (χ2v) is 8.05. The zero-order valence-corrected chi connectivity index (χ0v) is 16.1. The Morgan fingerprint density at radius 3 is 2.50 bits per heavy atom. The lowest BCUT2D eigenvalue weighted by Gasteiger charge is -2.26. The molecule has 1 atom stereocenters. The van der Waals surface area contributed by atoms with Crippen LogP contribution < -0.4 is 0 Å². The van der Waals surface area contributed by atoms with Crippen LogP contribution in [0.15, 0.2) is 85.1 Å². The zero-order chi connectivity index (χ0) is 18.8. The molecule has 28 heavy (non-hydrogen) atoms. The van der Waals surface area contributed by atoms with Crippen molar-refractivity contribution in [3.63, 3.8) is 0 Å². The Morgan fingerprint density at radius 1 is 0.786 bits per heavy atom. The highest BCUT2D eigenvalue weighted by Crippen LogP contribution is 2.30. The van der Waals surface area contributed by atoms with Gasteiger partial charge >= 0.3 is 0 Å². The number of nitrogens with zero attached hydrogens (tertiary/aromatic N) is 1. The molecule has 1 heteroatoms. The van der Waals surface area contributed by atoms with Crippen molar-refractivity contribution in [1.29, 1.82) is 0 Å². The maximum atomic E-state index is 4.78. The molecule has 0 bridgehead atoms. The molecule has 0 N–H and O–H groups in total. The van der Waals surface area contributed by atoms with Crippen molar-refractivity contribution in [2.45, 2.75) is 32.1 Å². The number of hydrogen-bond acceptors (Lipinski definition) is 1. The highest BCUT2D eigenvalue weighted by Gasteiger charge is 2.21. The van der Waals surface area contributed by atoms with Crippen molar-refractivity contribution in [3.8, 4) is 0 Å². The van der Waals surface area contributed by atoms with Gasteiger partial charge in [-0.1, -0.05) is 72.8 Å². The average molecular weight is 364 g/mol. The minimum Gasteiger partial charge on any atom is -0.261 e. The third-order valence-corrected chi connectivity index (χ3v) is 6.11. The Balaban J connectivity index is 1.37. The van der Waals surface area contributed by atoms with Crippen molar-refractivity contribution in [1.82, 2.24) is 4.98 Å². The molecule has 0 saturated carbocycles. The molecule has 0 fully saturated rings. The first-order valence-corrected chi connectivity index (χ1v) is 10.3. The topological polar surface area (TPSA) is 12.9 Å². The summed E-state index contributed by atoms with van der Waals surface area (Å²) in [4.78, 5) is 4.78. The van der Waals surface area contributed by atoms with E-state index in [0.29, 0.717) is 0 Å². The van der Waals surface area contributed by atoms with E-state index < -0.39 is 0 Å². The lowest BCUT2D eigenvalue weighted by molar-refractivity contribution is 0.453. The van der Waals surface area contributed by atoms with E-state index in [9.17, 15) is 0 Å². The third-order valence-electron chi connectivity index (χ3n) is 6.11. The van der Waals surface area contributed by atoms with Crippen LogP contribution in [-0.2, 0) is 25.7 Å². The summed E-state index contributed by atoms with van der Waals surface area (Å²) in [5.74, 6) is 0.741. The fourth-order valence-corrected chi connectivity index (χ4v) is 4.65. The normalized spacial score (nSPS) is 16.1. The monoisotopic (exact) mass is 363 g/mol. The lowest BCUT2D eigenvalue weighted by atomic mass is 9.80. The molecule has 0 radical (unpaired) electrons. The van der Waals surface area contributed by atoms with Crippen LogP contribution >= 0.6 is 0 Å². The van der Waals surface area contributed by atoms with Crippen LogP contribution in [0.1, 0.15) is 34.4 Å². The molecular formula is C27H25N. The molecule has 0 amide bonds. The van der Waals surface area contributed by atoms with Gasteiger partial charge in [0.2, 0.25) is 0 Å². The first kappa shape index (κ1) is 17.2. The van der Waals surface area contributed by atoms with Crippen LogP contribution in [-0.4, -0.2) is 4.98 Å². The van der Waals surface area contributed by atoms with Crippen molar-refractivity contribution in [3.05, 3.63) is 113 Å². The van der Waals surface area contributed by atoms with Gasteiger partial charge in [-0.3, -0.25) is 4.98 Å². The minimum absolute atomic E-state index is 0.741. The van der Waals surface area contributed by atoms with Crippen LogP contribution in [0, 0.1) is 5.92 Å². The van der Waals surface area contributed by atoms with Crippen LogP contribution in [0.5, 0.6) is 0 Å². The van der Waals surface area contributed by atoms with Gasteiger partial charge in [0.05, 0.1) is 0 Å². The van der Waals surface area contributed by atoms with Crippen LogP contribution in [0.2, 0.25) is 0 Å². The Labute approximate surface area is 167 Å². The predicted molar refractivity (Wildman–Crippen MR) is 117 cm³/mol. The van der Waals surface area contributed by atoms with Gasteiger partial charge in [0, 0.05) is 18.3 Å². The number of rotatable bonds is 4. The molecule has 1 aliphatic carbocycles. The summed E-state index contributed by atoms with van der Waals surface area (Å²) < 4.78 is 0. The summed E-state index contributed by atoms with van der Waals surface area (Å²) in [6.45, 7) is 0. The van der Waals surface area contributed by atoms with Crippen molar-refractivity contribution in [2.24, 2.45) is 5.92 Å². The smallest absolute Gasteiger partial charge is 0.0482 e. The van der Waals surface area contributed by atoms with Gasteiger partial charge in [-0.15, -0.1) is 0 Å². The Bertz CT molecular complexity index is 1100. The number of fused-ring (bicyclic) bond motifs is 2. The molecule has 0 spiro atoms. The summed E-state index contributed by atoms with van der Waals surface area (Å²) in [6, 6.07) is 28.6. The van der Waals surface area contributed by atoms with Crippen molar-refractivity contribution in [2.75, 3.05) is 0 Å². The number of pyridine rings is 1. The number of aromatic nitrogens is 1. The molecule has 1 nitrogen and oxygen atoms in total. The van der Waals surface area contributed by atoms with Gasteiger partial charge in [0.15, 0.2) is 0 Å². The van der Waals surface area contributed by atoms with Crippen molar-refractivity contribution >= 4 is 10.8 Å². The first-order chi connectivity index (χ1) is 13.8. The highest BCUT2D eigenvalue weighted by molar-refractivity contribution is 5.83. The Kier molecular flexibility index (Phi) is 4.66. The molecule has 4 aromatic rings. The third kappa shape index (κ3) is 3.57. The molecule has 138 valence electrons. The van der Waals surface area contributed by atoms with E-state index in [2.05, 4.69) is 78.9 Å². The highest BCUT2D eigenvalue weighted by atomic mass is 14.7. The second kappa shape index (κ2) is 7.59.